The lowest BCUT2D eigenvalue weighted by molar-refractivity contribution is 0.494. The van der Waals surface area contributed by atoms with Gasteiger partial charge in [-0.05, 0) is 25.1 Å². The Bertz CT molecular complexity index is 653. The summed E-state index contributed by atoms with van der Waals surface area (Å²) >= 11 is 0. The Kier molecular flexibility index (Phi) is 4.41. The maximum Gasteiger partial charge on any atom is 0.242 e. The van der Waals surface area contributed by atoms with Crippen LogP contribution in [0.4, 0.5) is 5.69 Å². The molecule has 7 heteroatoms. The topological polar surface area (TPSA) is 76.0 Å². The van der Waals surface area contributed by atoms with Gasteiger partial charge in [-0.2, -0.15) is 5.10 Å². The lowest BCUT2D eigenvalue weighted by Gasteiger charge is -2.16. The van der Waals surface area contributed by atoms with Crippen molar-refractivity contribution in [3.8, 4) is 0 Å². The summed E-state index contributed by atoms with van der Waals surface area (Å²) in [4.78, 5) is 0.245. The molecule has 0 aliphatic rings. The third-order valence-corrected chi connectivity index (χ3v) is 4.47. The van der Waals surface area contributed by atoms with Gasteiger partial charge in [0.2, 0.25) is 10.0 Å². The zero-order valence-electron chi connectivity index (χ0n) is 11.4. The van der Waals surface area contributed by atoms with E-state index in [9.17, 15) is 8.42 Å². The summed E-state index contributed by atoms with van der Waals surface area (Å²) < 4.78 is 29.1. The van der Waals surface area contributed by atoms with Crippen molar-refractivity contribution >= 4 is 15.7 Å². The highest BCUT2D eigenvalue weighted by atomic mass is 32.2. The van der Waals surface area contributed by atoms with E-state index < -0.39 is 10.0 Å². The summed E-state index contributed by atoms with van der Waals surface area (Å²) in [7, 11) is -1.86. The number of hydrogen-bond donors (Lipinski definition) is 2. The van der Waals surface area contributed by atoms with Crippen molar-refractivity contribution in [1.29, 1.82) is 0 Å². The van der Waals surface area contributed by atoms with Crippen LogP contribution in [-0.4, -0.2) is 31.3 Å². The lowest BCUT2D eigenvalue weighted by Crippen LogP contribution is -2.36. The molecule has 0 aliphatic carbocycles. The molecule has 108 valence electrons. The van der Waals surface area contributed by atoms with Gasteiger partial charge in [0.1, 0.15) is 4.90 Å². The van der Waals surface area contributed by atoms with Crippen molar-refractivity contribution in [2.24, 2.45) is 0 Å². The summed E-state index contributed by atoms with van der Waals surface area (Å²) in [5.74, 6) is 0. The van der Waals surface area contributed by atoms with Crippen molar-refractivity contribution in [1.82, 2.24) is 14.5 Å². The molecule has 2 rings (SSSR count). The Balaban J connectivity index is 2.14. The standard InChI is InChI=1S/C13H18N4O2S/c1-11(10-17-9-5-8-15-17)16-20(18,19)13-7-4-3-6-12(13)14-2/h3-9,11,14,16H,10H2,1-2H3. The fraction of sp³-hybridized carbons (Fsp3) is 0.308. The van der Waals surface area contributed by atoms with Crippen LogP contribution in [-0.2, 0) is 16.6 Å². The molecule has 6 nitrogen and oxygen atoms in total. The molecular weight excluding hydrogens is 276 g/mol. The van der Waals surface area contributed by atoms with Gasteiger partial charge in [-0.1, -0.05) is 12.1 Å². The average molecular weight is 294 g/mol. The number of aromatic nitrogens is 2. The molecule has 0 saturated heterocycles. The predicted molar refractivity (Wildman–Crippen MR) is 78.0 cm³/mol. The number of para-hydroxylation sites is 1. The summed E-state index contributed by atoms with van der Waals surface area (Å²) in [6, 6.07) is 8.34. The monoisotopic (exact) mass is 294 g/mol. The molecular formula is C13H18N4O2S. The number of benzene rings is 1. The Morgan fingerprint density at radius 1 is 1.30 bits per heavy atom. The second kappa shape index (κ2) is 6.06. The van der Waals surface area contributed by atoms with E-state index in [4.69, 9.17) is 0 Å². The first kappa shape index (κ1) is 14.5. The molecule has 2 aromatic rings. The summed E-state index contributed by atoms with van der Waals surface area (Å²) in [6.07, 6.45) is 3.46. The molecule has 1 heterocycles. The fourth-order valence-corrected chi connectivity index (χ4v) is 3.41. The van der Waals surface area contributed by atoms with Crippen LogP contribution in [0.15, 0.2) is 47.6 Å². The summed E-state index contributed by atoms with van der Waals surface area (Å²) in [5, 5.41) is 6.95. The molecule has 0 fully saturated rings. The Labute approximate surface area is 118 Å². The molecule has 0 radical (unpaired) electrons. The number of rotatable bonds is 6. The van der Waals surface area contributed by atoms with Crippen LogP contribution in [0, 0.1) is 0 Å². The van der Waals surface area contributed by atoms with Crippen molar-refractivity contribution in [3.05, 3.63) is 42.7 Å². The second-order valence-electron chi connectivity index (χ2n) is 4.50. The van der Waals surface area contributed by atoms with Crippen LogP contribution < -0.4 is 10.0 Å². The zero-order valence-corrected chi connectivity index (χ0v) is 12.3. The van der Waals surface area contributed by atoms with Gasteiger partial charge in [0.05, 0.1) is 12.2 Å². The van der Waals surface area contributed by atoms with E-state index in [-0.39, 0.29) is 10.9 Å². The Morgan fingerprint density at radius 3 is 2.70 bits per heavy atom. The average Bonchev–Trinajstić information content (AvgIpc) is 2.90. The summed E-state index contributed by atoms with van der Waals surface area (Å²) in [6.45, 7) is 2.29. The third-order valence-electron chi connectivity index (χ3n) is 2.82. The van der Waals surface area contributed by atoms with Gasteiger partial charge in [0, 0.05) is 25.5 Å². The smallest absolute Gasteiger partial charge is 0.242 e. The highest BCUT2D eigenvalue weighted by molar-refractivity contribution is 7.89. The van der Waals surface area contributed by atoms with Gasteiger partial charge in [0.15, 0.2) is 0 Å². The minimum Gasteiger partial charge on any atom is -0.387 e. The van der Waals surface area contributed by atoms with Gasteiger partial charge in [-0.25, -0.2) is 13.1 Å². The highest BCUT2D eigenvalue weighted by Crippen LogP contribution is 2.20. The van der Waals surface area contributed by atoms with E-state index in [1.807, 2.05) is 0 Å². The van der Waals surface area contributed by atoms with Crippen LogP contribution in [0.2, 0.25) is 0 Å². The van der Waals surface area contributed by atoms with Crippen LogP contribution in [0.25, 0.3) is 0 Å². The van der Waals surface area contributed by atoms with Crippen LogP contribution in [0.5, 0.6) is 0 Å². The molecule has 0 bridgehead atoms. The number of hydrogen-bond acceptors (Lipinski definition) is 4. The zero-order chi connectivity index (χ0) is 14.6. The van der Waals surface area contributed by atoms with Crippen molar-refractivity contribution < 1.29 is 8.42 Å². The van der Waals surface area contributed by atoms with E-state index in [2.05, 4.69) is 15.1 Å². The van der Waals surface area contributed by atoms with E-state index in [0.29, 0.717) is 12.2 Å². The first-order chi connectivity index (χ1) is 9.53. The largest absolute Gasteiger partial charge is 0.387 e. The van der Waals surface area contributed by atoms with Gasteiger partial charge in [-0.3, -0.25) is 4.68 Å². The molecule has 1 atom stereocenters. The third kappa shape index (κ3) is 3.37. The van der Waals surface area contributed by atoms with Gasteiger partial charge < -0.3 is 5.32 Å². The quantitative estimate of drug-likeness (QED) is 0.842. The fourth-order valence-electron chi connectivity index (χ4n) is 1.96. The molecule has 2 N–H and O–H groups in total. The molecule has 0 spiro atoms. The molecule has 1 aromatic carbocycles. The summed E-state index contributed by atoms with van der Waals surface area (Å²) in [5.41, 5.74) is 0.575. The van der Waals surface area contributed by atoms with Crippen LogP contribution in [0.3, 0.4) is 0 Å². The molecule has 0 saturated carbocycles. The number of nitrogens with zero attached hydrogens (tertiary/aromatic N) is 2. The first-order valence-corrected chi connectivity index (χ1v) is 7.78. The normalized spacial score (nSPS) is 13.1. The minimum atomic E-state index is -3.56. The SMILES string of the molecule is CNc1ccccc1S(=O)(=O)NC(C)Cn1cccn1. The molecule has 20 heavy (non-hydrogen) atoms. The Hall–Kier alpha value is -1.86. The number of anilines is 1. The number of nitrogens with one attached hydrogen (secondary N) is 2. The van der Waals surface area contributed by atoms with E-state index >= 15 is 0 Å². The van der Waals surface area contributed by atoms with Crippen molar-refractivity contribution in [3.63, 3.8) is 0 Å². The Morgan fingerprint density at radius 2 is 2.05 bits per heavy atom. The predicted octanol–water partition coefficient (Wildman–Crippen LogP) is 1.29. The second-order valence-corrected chi connectivity index (χ2v) is 6.18. The van der Waals surface area contributed by atoms with Crippen molar-refractivity contribution in [2.45, 2.75) is 24.4 Å². The first-order valence-electron chi connectivity index (χ1n) is 6.29. The van der Waals surface area contributed by atoms with E-state index in [1.54, 1.807) is 61.4 Å². The lowest BCUT2D eigenvalue weighted by atomic mass is 10.3. The maximum atomic E-state index is 12.4. The molecule has 0 aliphatic heterocycles. The van der Waals surface area contributed by atoms with Gasteiger partial charge in [0.25, 0.3) is 0 Å². The molecule has 1 aromatic heterocycles. The van der Waals surface area contributed by atoms with Gasteiger partial charge in [-0.15, -0.1) is 0 Å². The van der Waals surface area contributed by atoms with Gasteiger partial charge >= 0.3 is 0 Å². The number of sulfonamides is 1. The minimum absolute atomic E-state index is 0.245. The highest BCUT2D eigenvalue weighted by Gasteiger charge is 2.20. The van der Waals surface area contributed by atoms with Crippen molar-refractivity contribution in [2.75, 3.05) is 12.4 Å². The maximum absolute atomic E-state index is 12.4. The molecule has 1 unspecified atom stereocenters. The van der Waals surface area contributed by atoms with Crippen LogP contribution >= 0.6 is 0 Å². The van der Waals surface area contributed by atoms with E-state index in [0.717, 1.165) is 0 Å². The van der Waals surface area contributed by atoms with E-state index in [1.165, 1.54) is 0 Å². The molecule has 0 amide bonds. The van der Waals surface area contributed by atoms with Crippen LogP contribution in [0.1, 0.15) is 6.92 Å².